The van der Waals surface area contributed by atoms with Crippen LogP contribution in [0.15, 0.2) is 48.5 Å². The standard InChI is InChI=1S/C18H18F2OSi/c1-22(2,3)12-11-14-9-10-16(15-7-5-4-6-8-15)17(13-14)21-18(19)20/h4-10,13,18H,1-3H3. The highest BCUT2D eigenvalue weighted by molar-refractivity contribution is 6.83. The monoisotopic (exact) mass is 316 g/mol. The molecule has 114 valence electrons. The van der Waals surface area contributed by atoms with Crippen LogP contribution in [0.4, 0.5) is 8.78 Å². The van der Waals surface area contributed by atoms with Crippen molar-refractivity contribution in [3.63, 3.8) is 0 Å². The third kappa shape index (κ3) is 4.71. The van der Waals surface area contributed by atoms with Gasteiger partial charge in [-0.05, 0) is 23.8 Å². The zero-order valence-corrected chi connectivity index (χ0v) is 13.9. The smallest absolute Gasteiger partial charge is 0.387 e. The highest BCUT2D eigenvalue weighted by atomic mass is 28.3. The molecule has 2 aromatic carbocycles. The van der Waals surface area contributed by atoms with Crippen molar-refractivity contribution in [3.05, 3.63) is 54.1 Å². The van der Waals surface area contributed by atoms with Crippen LogP contribution in [0, 0.1) is 11.5 Å². The lowest BCUT2D eigenvalue weighted by Gasteiger charge is -2.11. The highest BCUT2D eigenvalue weighted by Crippen LogP contribution is 2.31. The Morgan fingerprint density at radius 3 is 2.27 bits per heavy atom. The molecule has 0 N–H and O–H groups in total. The van der Waals surface area contributed by atoms with Crippen LogP contribution in [-0.4, -0.2) is 14.7 Å². The molecule has 2 rings (SSSR count). The van der Waals surface area contributed by atoms with Crippen LogP contribution >= 0.6 is 0 Å². The van der Waals surface area contributed by atoms with Gasteiger partial charge in [-0.2, -0.15) is 8.78 Å². The SMILES string of the molecule is C[Si](C)(C)C#Cc1ccc(-c2ccccc2)c(OC(F)F)c1. The van der Waals surface area contributed by atoms with Crippen LogP contribution in [0.3, 0.4) is 0 Å². The van der Waals surface area contributed by atoms with Crippen LogP contribution in [0.25, 0.3) is 11.1 Å². The largest absolute Gasteiger partial charge is 0.434 e. The summed E-state index contributed by atoms with van der Waals surface area (Å²) in [5.41, 5.74) is 5.39. The van der Waals surface area contributed by atoms with Gasteiger partial charge in [-0.3, -0.25) is 0 Å². The number of benzene rings is 2. The maximum atomic E-state index is 12.7. The van der Waals surface area contributed by atoms with Gasteiger partial charge in [0.15, 0.2) is 0 Å². The van der Waals surface area contributed by atoms with Gasteiger partial charge in [0.2, 0.25) is 0 Å². The molecule has 0 amide bonds. The molecular formula is C18H18F2OSi. The molecule has 0 unspecified atom stereocenters. The minimum Gasteiger partial charge on any atom is -0.434 e. The Morgan fingerprint density at radius 2 is 1.68 bits per heavy atom. The summed E-state index contributed by atoms with van der Waals surface area (Å²) in [6.45, 7) is 3.54. The lowest BCUT2D eigenvalue weighted by molar-refractivity contribution is -0.0494. The zero-order valence-electron chi connectivity index (χ0n) is 12.9. The molecule has 0 atom stereocenters. The summed E-state index contributed by atoms with van der Waals surface area (Å²) in [6, 6.07) is 14.5. The van der Waals surface area contributed by atoms with Crippen LogP contribution < -0.4 is 4.74 Å². The zero-order chi connectivity index (χ0) is 16.2. The van der Waals surface area contributed by atoms with Gasteiger partial charge in [-0.25, -0.2) is 0 Å². The first-order chi connectivity index (χ1) is 10.3. The van der Waals surface area contributed by atoms with Crippen molar-refractivity contribution in [1.82, 2.24) is 0 Å². The third-order valence-corrected chi connectivity index (χ3v) is 3.74. The van der Waals surface area contributed by atoms with E-state index in [1.165, 1.54) is 0 Å². The lowest BCUT2D eigenvalue weighted by atomic mass is 10.0. The number of hydrogen-bond donors (Lipinski definition) is 0. The van der Waals surface area contributed by atoms with Crippen molar-refractivity contribution in [1.29, 1.82) is 0 Å². The molecule has 0 bridgehead atoms. The van der Waals surface area contributed by atoms with E-state index >= 15 is 0 Å². The summed E-state index contributed by atoms with van der Waals surface area (Å²) in [7, 11) is -1.52. The highest BCUT2D eigenvalue weighted by Gasteiger charge is 2.12. The Balaban J connectivity index is 2.45. The predicted molar refractivity (Wildman–Crippen MR) is 88.7 cm³/mol. The predicted octanol–water partition coefficient (Wildman–Crippen LogP) is 5.18. The number of hydrogen-bond acceptors (Lipinski definition) is 1. The van der Waals surface area contributed by atoms with E-state index in [1.54, 1.807) is 12.1 Å². The quantitative estimate of drug-likeness (QED) is 0.560. The Labute approximate surface area is 131 Å². The fourth-order valence-electron chi connectivity index (χ4n) is 1.91. The summed E-state index contributed by atoms with van der Waals surface area (Å²) in [5.74, 6) is 3.22. The van der Waals surface area contributed by atoms with Crippen LogP contribution in [0.5, 0.6) is 5.75 Å². The van der Waals surface area contributed by atoms with E-state index in [0.717, 1.165) is 5.56 Å². The Kier molecular flexibility index (Phi) is 4.99. The minimum atomic E-state index is -2.86. The summed E-state index contributed by atoms with van der Waals surface area (Å²) in [4.78, 5) is 0. The van der Waals surface area contributed by atoms with E-state index in [9.17, 15) is 8.78 Å². The Bertz CT molecular complexity index is 695. The van der Waals surface area contributed by atoms with Crippen LogP contribution in [0.2, 0.25) is 19.6 Å². The first-order valence-corrected chi connectivity index (χ1v) is 10.5. The molecule has 0 fully saturated rings. The molecule has 0 heterocycles. The minimum absolute atomic E-state index is 0.156. The molecule has 0 saturated heterocycles. The van der Waals surface area contributed by atoms with Gasteiger partial charge in [-0.15, -0.1) is 5.54 Å². The van der Waals surface area contributed by atoms with Gasteiger partial charge in [0.25, 0.3) is 0 Å². The van der Waals surface area contributed by atoms with Crippen LogP contribution in [0.1, 0.15) is 5.56 Å². The summed E-state index contributed by atoms with van der Waals surface area (Å²) in [5, 5.41) is 0. The second-order valence-corrected chi connectivity index (χ2v) is 10.7. The fourth-order valence-corrected chi connectivity index (χ4v) is 2.43. The van der Waals surface area contributed by atoms with E-state index in [0.29, 0.717) is 11.1 Å². The van der Waals surface area contributed by atoms with Gasteiger partial charge in [-0.1, -0.05) is 55.9 Å². The fraction of sp³-hybridized carbons (Fsp3) is 0.222. The van der Waals surface area contributed by atoms with E-state index in [4.69, 9.17) is 0 Å². The molecule has 0 aromatic heterocycles. The first-order valence-electron chi connectivity index (χ1n) is 7.02. The second-order valence-electron chi connectivity index (χ2n) is 5.96. The number of halogens is 2. The van der Waals surface area contributed by atoms with Crippen molar-refractivity contribution in [2.75, 3.05) is 0 Å². The normalized spacial score (nSPS) is 11.0. The molecule has 0 aliphatic rings. The molecule has 0 aliphatic heterocycles. The van der Waals surface area contributed by atoms with E-state index in [1.807, 2.05) is 36.4 Å². The van der Waals surface area contributed by atoms with Gasteiger partial charge >= 0.3 is 6.61 Å². The number of alkyl halides is 2. The average molecular weight is 316 g/mol. The van der Waals surface area contributed by atoms with Crippen molar-refractivity contribution >= 4 is 8.07 Å². The molecular weight excluding hydrogens is 298 g/mol. The molecule has 2 aromatic rings. The van der Waals surface area contributed by atoms with Crippen molar-refractivity contribution in [3.8, 4) is 28.3 Å². The Hall–Kier alpha value is -2.12. The Morgan fingerprint density at radius 1 is 1.00 bits per heavy atom. The van der Waals surface area contributed by atoms with E-state index < -0.39 is 14.7 Å². The van der Waals surface area contributed by atoms with Crippen molar-refractivity contribution < 1.29 is 13.5 Å². The molecule has 4 heteroatoms. The molecule has 0 saturated carbocycles. The summed E-state index contributed by atoms with van der Waals surface area (Å²) in [6.07, 6.45) is 0. The van der Waals surface area contributed by atoms with E-state index in [-0.39, 0.29) is 5.75 Å². The van der Waals surface area contributed by atoms with Gasteiger partial charge in [0.1, 0.15) is 13.8 Å². The third-order valence-electron chi connectivity index (χ3n) is 2.86. The molecule has 0 aliphatic carbocycles. The first kappa shape index (κ1) is 16.3. The molecule has 0 spiro atoms. The summed E-state index contributed by atoms with van der Waals surface area (Å²) >= 11 is 0. The topological polar surface area (TPSA) is 9.23 Å². The number of rotatable bonds is 3. The van der Waals surface area contributed by atoms with Crippen LogP contribution in [-0.2, 0) is 0 Å². The number of ether oxygens (including phenoxy) is 1. The van der Waals surface area contributed by atoms with Gasteiger partial charge in [0.05, 0.1) is 0 Å². The maximum absolute atomic E-state index is 12.7. The molecule has 0 radical (unpaired) electrons. The van der Waals surface area contributed by atoms with Gasteiger partial charge < -0.3 is 4.74 Å². The van der Waals surface area contributed by atoms with Crippen molar-refractivity contribution in [2.24, 2.45) is 0 Å². The second kappa shape index (κ2) is 6.76. The van der Waals surface area contributed by atoms with Gasteiger partial charge in [0, 0.05) is 11.1 Å². The van der Waals surface area contributed by atoms with Crippen molar-refractivity contribution in [2.45, 2.75) is 26.3 Å². The lowest BCUT2D eigenvalue weighted by Crippen LogP contribution is -2.16. The average Bonchev–Trinajstić information content (AvgIpc) is 2.45. The molecule has 1 nitrogen and oxygen atoms in total. The molecule has 22 heavy (non-hydrogen) atoms. The van der Waals surface area contributed by atoms with E-state index in [2.05, 4.69) is 35.8 Å². The maximum Gasteiger partial charge on any atom is 0.387 e. The summed E-state index contributed by atoms with van der Waals surface area (Å²) < 4.78 is 30.0.